The van der Waals surface area contributed by atoms with E-state index in [9.17, 15) is 40.7 Å². The Labute approximate surface area is 161 Å². The average molecular weight is 433 g/mol. The van der Waals surface area contributed by atoms with Gasteiger partial charge in [-0.25, -0.2) is 28.0 Å². The summed E-state index contributed by atoms with van der Waals surface area (Å²) in [4.78, 5) is 42.4. The van der Waals surface area contributed by atoms with Crippen LogP contribution in [0.5, 0.6) is 0 Å². The molecule has 0 N–H and O–H groups in total. The minimum atomic E-state index is -4.78. The quantitative estimate of drug-likeness (QED) is 0.310. The lowest BCUT2D eigenvalue weighted by Crippen LogP contribution is -2.35. The average Bonchev–Trinajstić information content (AvgIpc) is 2.91. The molecule has 1 aliphatic heterocycles. The predicted molar refractivity (Wildman–Crippen MR) is 85.5 cm³/mol. The van der Waals surface area contributed by atoms with Gasteiger partial charge in [-0.3, -0.25) is 14.4 Å². The minimum Gasteiger partial charge on any atom is -0.268 e. The van der Waals surface area contributed by atoms with Crippen LogP contribution in [0.1, 0.15) is 21.7 Å². The molecule has 6 nitrogen and oxygen atoms in total. The molecule has 13 heteroatoms. The van der Waals surface area contributed by atoms with E-state index in [4.69, 9.17) is 0 Å². The number of amides is 3. The maximum absolute atomic E-state index is 13.3. The zero-order valence-electron chi connectivity index (χ0n) is 13.6. The summed E-state index contributed by atoms with van der Waals surface area (Å²) in [7, 11) is 0. The van der Waals surface area contributed by atoms with Crippen molar-refractivity contribution in [3.63, 3.8) is 0 Å². The fraction of sp³-hybridized carbons (Fsp3) is 0.0625. The highest BCUT2D eigenvalue weighted by atomic mass is 32.2. The van der Waals surface area contributed by atoms with Gasteiger partial charge in [0.25, 0.3) is 11.8 Å². The third kappa shape index (κ3) is 3.99. The van der Waals surface area contributed by atoms with Gasteiger partial charge in [0.15, 0.2) is 17.5 Å². The van der Waals surface area contributed by atoms with Crippen LogP contribution in [-0.2, 0) is 11.0 Å². The maximum Gasteiger partial charge on any atom is 0.451 e. The molecule has 0 spiro atoms. The molecule has 1 aromatic carbocycles. The van der Waals surface area contributed by atoms with Crippen LogP contribution < -0.4 is 0 Å². The zero-order valence-corrected chi connectivity index (χ0v) is 14.4. The summed E-state index contributed by atoms with van der Waals surface area (Å²) in [5, 5.41) is -1.12. The maximum atomic E-state index is 13.3. The first-order valence-electron chi connectivity index (χ1n) is 7.35. The molecule has 0 unspecified atom stereocenters. The Hall–Kier alpha value is -3.22. The lowest BCUT2D eigenvalue weighted by molar-refractivity contribution is -0.145. The highest BCUT2D eigenvalue weighted by Crippen LogP contribution is 2.33. The molecule has 2 aromatic rings. The molecular weight excluding hydrogens is 428 g/mol. The standard InChI is InChI=1S/C16H5F6N3O3S/c17-8-2-7(3-9(18)11(8)19)12(26)25-13(27)10(29-15(25)28)1-6-4-23-14(24-5-6)16(20,21)22/h1-5H/b10-1-. The number of imide groups is 3. The second kappa shape index (κ2) is 7.31. The number of alkyl halides is 3. The Morgan fingerprint density at radius 2 is 1.59 bits per heavy atom. The van der Waals surface area contributed by atoms with Gasteiger partial charge < -0.3 is 0 Å². The number of rotatable bonds is 2. The molecule has 3 rings (SSSR count). The van der Waals surface area contributed by atoms with Crippen molar-refractivity contribution >= 4 is 34.9 Å². The number of carbonyl (C=O) groups is 3. The summed E-state index contributed by atoms with van der Waals surface area (Å²) in [5.41, 5.74) is -0.863. The fourth-order valence-corrected chi connectivity index (χ4v) is 2.98. The highest BCUT2D eigenvalue weighted by molar-refractivity contribution is 8.18. The molecule has 1 aromatic heterocycles. The van der Waals surface area contributed by atoms with Gasteiger partial charge in [-0.1, -0.05) is 0 Å². The van der Waals surface area contributed by atoms with E-state index in [1.807, 2.05) is 0 Å². The molecule has 0 atom stereocenters. The fourth-order valence-electron chi connectivity index (χ4n) is 2.16. The Morgan fingerprint density at radius 1 is 1.03 bits per heavy atom. The van der Waals surface area contributed by atoms with Crippen LogP contribution in [0.4, 0.5) is 31.1 Å². The number of thioether (sulfide) groups is 1. The van der Waals surface area contributed by atoms with Crippen molar-refractivity contribution in [2.45, 2.75) is 6.18 Å². The molecule has 29 heavy (non-hydrogen) atoms. The van der Waals surface area contributed by atoms with Gasteiger partial charge >= 0.3 is 11.4 Å². The van der Waals surface area contributed by atoms with Crippen molar-refractivity contribution in [3.05, 3.63) is 63.8 Å². The SMILES string of the molecule is O=C1S/C(=C\c2cnc(C(F)(F)F)nc2)C(=O)N1C(=O)c1cc(F)c(F)c(F)c1. The predicted octanol–water partition coefficient (Wildman–Crippen LogP) is 3.79. The number of halogens is 6. The number of benzene rings is 1. The normalized spacial score (nSPS) is 16.1. The third-order valence-electron chi connectivity index (χ3n) is 3.45. The Kier molecular flexibility index (Phi) is 5.17. The Bertz CT molecular complexity index is 1050. The summed E-state index contributed by atoms with van der Waals surface area (Å²) < 4.78 is 77.0. The molecule has 0 radical (unpaired) electrons. The van der Waals surface area contributed by atoms with E-state index in [1.54, 1.807) is 0 Å². The Balaban J connectivity index is 1.88. The summed E-state index contributed by atoms with van der Waals surface area (Å²) in [6, 6.07) is 0.634. The summed E-state index contributed by atoms with van der Waals surface area (Å²) in [6.45, 7) is 0. The molecule has 1 fully saturated rings. The molecular formula is C16H5F6N3O3S. The monoisotopic (exact) mass is 433 g/mol. The van der Waals surface area contributed by atoms with Gasteiger partial charge in [0, 0.05) is 23.5 Å². The molecule has 2 heterocycles. The molecule has 3 amide bonds. The lowest BCUT2D eigenvalue weighted by atomic mass is 10.1. The second-order valence-corrected chi connectivity index (χ2v) is 6.41. The van der Waals surface area contributed by atoms with E-state index in [1.165, 1.54) is 0 Å². The summed E-state index contributed by atoms with van der Waals surface area (Å²) >= 11 is 0.259. The first-order valence-corrected chi connectivity index (χ1v) is 8.16. The first kappa shape index (κ1) is 20.5. The van der Waals surface area contributed by atoms with Crippen molar-refractivity contribution in [1.82, 2.24) is 14.9 Å². The van der Waals surface area contributed by atoms with Crippen LogP contribution in [-0.4, -0.2) is 31.9 Å². The number of hydrogen-bond acceptors (Lipinski definition) is 6. The van der Waals surface area contributed by atoms with Crippen molar-refractivity contribution in [2.24, 2.45) is 0 Å². The minimum absolute atomic E-state index is 0.0631. The van der Waals surface area contributed by atoms with Gasteiger partial charge in [0.1, 0.15) is 0 Å². The van der Waals surface area contributed by atoms with Crippen LogP contribution in [0.3, 0.4) is 0 Å². The Morgan fingerprint density at radius 3 is 2.10 bits per heavy atom. The van der Waals surface area contributed by atoms with Crippen molar-refractivity contribution in [3.8, 4) is 0 Å². The molecule has 1 saturated heterocycles. The van der Waals surface area contributed by atoms with E-state index < -0.39 is 52.1 Å². The van der Waals surface area contributed by atoms with Gasteiger partial charge in [-0.2, -0.15) is 13.2 Å². The van der Waals surface area contributed by atoms with Gasteiger partial charge in [-0.05, 0) is 30.0 Å². The van der Waals surface area contributed by atoms with Crippen LogP contribution >= 0.6 is 11.8 Å². The van der Waals surface area contributed by atoms with Gasteiger partial charge in [-0.15, -0.1) is 0 Å². The van der Waals surface area contributed by atoms with Crippen LogP contribution in [0.25, 0.3) is 6.08 Å². The molecule has 150 valence electrons. The molecule has 0 bridgehead atoms. The van der Waals surface area contributed by atoms with E-state index in [-0.39, 0.29) is 27.1 Å². The second-order valence-electron chi connectivity index (χ2n) is 5.41. The number of aromatic nitrogens is 2. The zero-order chi connectivity index (χ0) is 21.5. The smallest absolute Gasteiger partial charge is 0.268 e. The van der Waals surface area contributed by atoms with Crippen LogP contribution in [0.15, 0.2) is 29.4 Å². The number of nitrogens with zero attached hydrogens (tertiary/aromatic N) is 3. The van der Waals surface area contributed by atoms with Crippen molar-refractivity contribution in [1.29, 1.82) is 0 Å². The number of hydrogen-bond donors (Lipinski definition) is 0. The van der Waals surface area contributed by atoms with Crippen LogP contribution in [0, 0.1) is 17.5 Å². The van der Waals surface area contributed by atoms with Gasteiger partial charge in [0.05, 0.1) is 4.91 Å². The van der Waals surface area contributed by atoms with Crippen molar-refractivity contribution in [2.75, 3.05) is 0 Å². The highest BCUT2D eigenvalue weighted by Gasteiger charge is 2.41. The van der Waals surface area contributed by atoms with Crippen molar-refractivity contribution < 1.29 is 40.7 Å². The third-order valence-corrected chi connectivity index (χ3v) is 4.32. The topological polar surface area (TPSA) is 80.2 Å². The van der Waals surface area contributed by atoms with E-state index >= 15 is 0 Å². The lowest BCUT2D eigenvalue weighted by Gasteiger charge is -2.11. The molecule has 0 aliphatic carbocycles. The number of carbonyl (C=O) groups excluding carboxylic acids is 3. The summed E-state index contributed by atoms with van der Waals surface area (Å²) in [6.07, 6.45) is -2.32. The van der Waals surface area contributed by atoms with Crippen LogP contribution in [0.2, 0.25) is 0 Å². The van der Waals surface area contributed by atoms with E-state index in [0.29, 0.717) is 12.1 Å². The van der Waals surface area contributed by atoms with Gasteiger partial charge in [0.2, 0.25) is 5.82 Å². The molecule has 0 saturated carbocycles. The summed E-state index contributed by atoms with van der Waals surface area (Å²) in [5.74, 6) is -9.24. The van der Waals surface area contributed by atoms with E-state index in [2.05, 4.69) is 9.97 Å². The van der Waals surface area contributed by atoms with E-state index in [0.717, 1.165) is 18.5 Å². The largest absolute Gasteiger partial charge is 0.451 e. The first-order chi connectivity index (χ1) is 13.5. The molecule has 1 aliphatic rings.